The first-order chi connectivity index (χ1) is 18.9. The average molecular weight is 684 g/mol. The van der Waals surface area contributed by atoms with Gasteiger partial charge in [0, 0.05) is 30.2 Å². The Morgan fingerprint density at radius 3 is 2.62 bits per heavy atom. The minimum atomic E-state index is -3.56. The maximum Gasteiger partial charge on any atom is 0.245 e. The highest BCUT2D eigenvalue weighted by atomic mass is 127. The minimum absolute atomic E-state index is 0.227. The van der Waals surface area contributed by atoms with Gasteiger partial charge in [0.15, 0.2) is 0 Å². The number of hydrogen-bond acceptors (Lipinski definition) is 9. The lowest BCUT2D eigenvalue weighted by atomic mass is 10.1. The van der Waals surface area contributed by atoms with Crippen LogP contribution in [0.25, 0.3) is 10.9 Å². The SMILES string of the molecule is Cc1cc(S(=O)(=O)N2CCC2)c2c(c1)cc(C#N)n2SOI.O=CNc1ccc2c(c1)OCCN2C1COC1. The van der Waals surface area contributed by atoms with Crippen LogP contribution in [0.2, 0.25) is 0 Å². The minimum Gasteiger partial charge on any atom is -0.489 e. The van der Waals surface area contributed by atoms with Gasteiger partial charge in [-0.15, -0.1) is 0 Å². The van der Waals surface area contributed by atoms with Crippen molar-refractivity contribution < 1.29 is 25.2 Å². The zero-order chi connectivity index (χ0) is 27.6. The van der Waals surface area contributed by atoms with E-state index in [2.05, 4.69) is 16.3 Å². The van der Waals surface area contributed by atoms with Crippen molar-refractivity contribution >= 4 is 73.9 Å². The van der Waals surface area contributed by atoms with Crippen molar-refractivity contribution in [1.82, 2.24) is 8.28 Å². The van der Waals surface area contributed by atoms with Crippen molar-refractivity contribution in [3.05, 3.63) is 47.7 Å². The molecule has 1 N–H and O–H groups in total. The van der Waals surface area contributed by atoms with Crippen molar-refractivity contribution in [1.29, 1.82) is 5.26 Å². The van der Waals surface area contributed by atoms with E-state index < -0.39 is 10.0 Å². The highest BCUT2D eigenvalue weighted by Crippen LogP contribution is 2.37. The summed E-state index contributed by atoms with van der Waals surface area (Å²) in [6.07, 6.45) is 1.55. The van der Waals surface area contributed by atoms with Gasteiger partial charge in [-0.25, -0.2) is 14.9 Å². The quantitative estimate of drug-likeness (QED) is 0.225. The van der Waals surface area contributed by atoms with Crippen LogP contribution in [0.4, 0.5) is 11.4 Å². The van der Waals surface area contributed by atoms with Gasteiger partial charge in [-0.2, -0.15) is 9.57 Å². The van der Waals surface area contributed by atoms with Gasteiger partial charge in [-0.1, -0.05) is 0 Å². The number of halogens is 1. The number of carbonyl (C=O) groups is 1. The fourth-order valence-electron chi connectivity index (χ4n) is 4.65. The molecule has 0 saturated carbocycles. The maximum atomic E-state index is 12.8. The van der Waals surface area contributed by atoms with Crippen LogP contribution in [-0.4, -0.2) is 68.6 Å². The second-order valence-corrected chi connectivity index (χ2v) is 12.8. The number of nitrogens with one attached hydrogen (secondary N) is 1. The van der Waals surface area contributed by atoms with E-state index in [-0.39, 0.29) is 4.90 Å². The summed E-state index contributed by atoms with van der Waals surface area (Å²) >= 11 is 2.63. The molecule has 2 saturated heterocycles. The molecule has 3 aliphatic heterocycles. The van der Waals surface area contributed by atoms with E-state index in [1.165, 1.54) is 8.28 Å². The van der Waals surface area contributed by atoms with E-state index in [1.807, 2.05) is 31.2 Å². The summed E-state index contributed by atoms with van der Waals surface area (Å²) in [4.78, 5) is 12.9. The fourth-order valence-corrected chi connectivity index (χ4v) is 7.51. The van der Waals surface area contributed by atoms with E-state index in [0.29, 0.717) is 43.4 Å². The zero-order valence-corrected chi connectivity index (χ0v) is 24.8. The molecule has 0 spiro atoms. The Bertz CT molecular complexity index is 1530. The molecule has 3 aliphatic rings. The molecule has 0 atom stereocenters. The molecule has 2 fully saturated rings. The number of fused-ring (bicyclic) bond motifs is 2. The number of nitriles is 1. The molecule has 14 heteroatoms. The molecule has 0 aliphatic carbocycles. The summed E-state index contributed by atoms with van der Waals surface area (Å²) < 4.78 is 44.5. The number of rotatable bonds is 7. The molecule has 11 nitrogen and oxygen atoms in total. The molecule has 39 heavy (non-hydrogen) atoms. The normalized spacial score (nSPS) is 17.1. The molecule has 3 aromatic rings. The monoisotopic (exact) mass is 683 g/mol. The summed E-state index contributed by atoms with van der Waals surface area (Å²) in [7, 11) is -3.56. The highest BCUT2D eigenvalue weighted by Gasteiger charge is 2.33. The lowest BCUT2D eigenvalue weighted by molar-refractivity contribution is -0.105. The number of aryl methyl sites for hydroxylation is 1. The van der Waals surface area contributed by atoms with Crippen molar-refractivity contribution in [2.75, 3.05) is 49.7 Å². The second-order valence-electron chi connectivity index (χ2n) is 9.21. The molecular formula is C25H26IN5O6S2. The van der Waals surface area contributed by atoms with Crippen LogP contribution in [0, 0.1) is 18.3 Å². The van der Waals surface area contributed by atoms with Crippen molar-refractivity contribution in [3.8, 4) is 11.8 Å². The van der Waals surface area contributed by atoms with Crippen LogP contribution in [0.1, 0.15) is 17.7 Å². The fraction of sp³-hybridized carbons (Fsp3) is 0.360. The third kappa shape index (κ3) is 5.56. The maximum absolute atomic E-state index is 12.8. The van der Waals surface area contributed by atoms with E-state index >= 15 is 0 Å². The van der Waals surface area contributed by atoms with Crippen molar-refractivity contribution in [2.45, 2.75) is 24.3 Å². The predicted octanol–water partition coefficient (Wildman–Crippen LogP) is 3.85. The smallest absolute Gasteiger partial charge is 0.245 e. The van der Waals surface area contributed by atoms with Crippen LogP contribution in [0.5, 0.6) is 5.75 Å². The van der Waals surface area contributed by atoms with Gasteiger partial charge in [-0.05, 0) is 49.2 Å². The zero-order valence-electron chi connectivity index (χ0n) is 21.0. The number of aromatic nitrogens is 1. The Hall–Kier alpha value is -2.55. The summed E-state index contributed by atoms with van der Waals surface area (Å²) in [6, 6.07) is 13.5. The topological polar surface area (TPSA) is 126 Å². The van der Waals surface area contributed by atoms with E-state index in [0.717, 1.165) is 66.5 Å². The Kier molecular flexibility index (Phi) is 8.55. The summed E-state index contributed by atoms with van der Waals surface area (Å²) in [5.74, 6) is 0.829. The Morgan fingerprint density at radius 1 is 1.21 bits per heavy atom. The predicted molar refractivity (Wildman–Crippen MR) is 156 cm³/mol. The number of nitrogens with zero attached hydrogens (tertiary/aromatic N) is 4. The first kappa shape index (κ1) is 28.0. The van der Waals surface area contributed by atoms with Crippen LogP contribution >= 0.6 is 35.2 Å². The van der Waals surface area contributed by atoms with Gasteiger partial charge in [0.1, 0.15) is 64.2 Å². The lowest BCUT2D eigenvalue weighted by Gasteiger charge is -2.41. The molecule has 0 radical (unpaired) electrons. The van der Waals surface area contributed by atoms with Gasteiger partial charge >= 0.3 is 0 Å². The van der Waals surface area contributed by atoms with Gasteiger partial charge < -0.3 is 19.7 Å². The Balaban J connectivity index is 0.000000163. The van der Waals surface area contributed by atoms with E-state index in [4.69, 9.17) is 12.0 Å². The standard InChI is InChI=1S/C13H12IN3O3S2.C12H14N2O3/c1-9-5-10-7-11(8-15)17(21-20-14)13(10)12(6-9)22(18,19)16-3-2-4-16;15-8-13-9-1-2-11-12(5-9)17-4-3-14(11)10-6-16-7-10/h5-7H,2-4H2,1H3;1-2,5,8,10H,3-4,6-7H2,(H,13,15). The van der Waals surface area contributed by atoms with Gasteiger partial charge in [0.25, 0.3) is 0 Å². The molecule has 2 aromatic carbocycles. The number of anilines is 2. The largest absolute Gasteiger partial charge is 0.489 e. The molecule has 4 heterocycles. The summed E-state index contributed by atoms with van der Waals surface area (Å²) in [6.45, 7) is 6.07. The van der Waals surface area contributed by atoms with Crippen molar-refractivity contribution in [3.63, 3.8) is 0 Å². The van der Waals surface area contributed by atoms with E-state index in [1.54, 1.807) is 35.1 Å². The third-order valence-corrected chi connectivity index (χ3v) is 9.74. The molecule has 1 aromatic heterocycles. The highest BCUT2D eigenvalue weighted by molar-refractivity contribution is 14.1. The third-order valence-electron chi connectivity index (χ3n) is 6.76. The molecule has 0 bridgehead atoms. The molecular weight excluding hydrogens is 657 g/mol. The number of carbonyl (C=O) groups excluding carboxylic acids is 1. The molecule has 1 amide bonds. The summed E-state index contributed by atoms with van der Waals surface area (Å²) in [5, 5.41) is 12.6. The van der Waals surface area contributed by atoms with Crippen LogP contribution in [0.15, 0.2) is 41.3 Å². The second kappa shape index (κ2) is 11.9. The van der Waals surface area contributed by atoms with Crippen LogP contribution < -0.4 is 15.0 Å². The van der Waals surface area contributed by atoms with E-state index in [9.17, 15) is 18.5 Å². The molecule has 0 unspecified atom stereocenters. The molecule has 6 rings (SSSR count). The Morgan fingerprint density at radius 2 is 2.00 bits per heavy atom. The van der Waals surface area contributed by atoms with Crippen LogP contribution in [-0.2, 0) is 22.1 Å². The number of ether oxygens (including phenoxy) is 2. The number of benzene rings is 2. The first-order valence-electron chi connectivity index (χ1n) is 12.2. The Labute approximate surface area is 245 Å². The average Bonchev–Trinajstić information content (AvgIpc) is 3.19. The first-order valence-corrected chi connectivity index (χ1v) is 15.2. The molecule has 206 valence electrons. The number of sulfonamides is 1. The lowest BCUT2D eigenvalue weighted by Crippen LogP contribution is -2.52. The number of amides is 1. The summed E-state index contributed by atoms with van der Waals surface area (Å²) in [5.41, 5.74) is 3.53. The van der Waals surface area contributed by atoms with Crippen LogP contribution in [0.3, 0.4) is 0 Å². The van der Waals surface area contributed by atoms with Gasteiger partial charge in [0.05, 0.1) is 37.0 Å². The number of hydrogen-bond donors (Lipinski definition) is 1. The van der Waals surface area contributed by atoms with Gasteiger partial charge in [-0.3, -0.25) is 4.79 Å². The van der Waals surface area contributed by atoms with Crippen molar-refractivity contribution in [2.24, 2.45) is 0 Å². The van der Waals surface area contributed by atoms with Gasteiger partial charge in [0.2, 0.25) is 16.4 Å².